The molecule has 72 heavy (non-hydrogen) atoms. The van der Waals surface area contributed by atoms with E-state index in [1.54, 1.807) is 11.5 Å². The van der Waals surface area contributed by atoms with Gasteiger partial charge in [-0.1, -0.05) is 69.2 Å². The number of aryl methyl sites for hydroxylation is 10. The van der Waals surface area contributed by atoms with Crippen LogP contribution in [-0.2, 0) is 42.3 Å². The van der Waals surface area contributed by atoms with Gasteiger partial charge in [0.2, 0.25) is 0 Å². The van der Waals surface area contributed by atoms with Gasteiger partial charge >= 0.3 is 0 Å². The van der Waals surface area contributed by atoms with Gasteiger partial charge in [-0.25, -0.2) is 4.39 Å². The summed E-state index contributed by atoms with van der Waals surface area (Å²) in [6, 6.07) is 0. The highest BCUT2D eigenvalue weighted by molar-refractivity contribution is 5.36. The van der Waals surface area contributed by atoms with E-state index < -0.39 is 0 Å². The van der Waals surface area contributed by atoms with Crippen LogP contribution in [0, 0.1) is 110 Å². The number of aromatic nitrogens is 6. The Morgan fingerprint density at radius 1 is 0.319 bits per heavy atom. The van der Waals surface area contributed by atoms with Crippen LogP contribution in [0.25, 0.3) is 0 Å². The lowest BCUT2D eigenvalue weighted by atomic mass is 9.98. The predicted molar refractivity (Wildman–Crippen MR) is 313 cm³/mol. The van der Waals surface area contributed by atoms with Crippen molar-refractivity contribution in [2.24, 2.45) is 42.3 Å². The van der Waals surface area contributed by atoms with Crippen LogP contribution < -0.4 is 0 Å². The normalized spacial score (nSPS) is 10.8. The zero-order chi connectivity index (χ0) is 56.1. The fraction of sp³-hybridized carbons (Fsp3) is 0.562. The van der Waals surface area contributed by atoms with E-state index in [1.165, 1.54) is 101 Å². The molecule has 7 aromatic heterocycles. The Morgan fingerprint density at radius 2 is 0.639 bits per heavy atom. The van der Waals surface area contributed by atoms with Crippen LogP contribution in [0.3, 0.4) is 0 Å². The first-order valence-corrected chi connectivity index (χ1v) is 26.4. The van der Waals surface area contributed by atoms with Gasteiger partial charge in [-0.05, 0) is 194 Å². The first kappa shape index (κ1) is 64.9. The van der Waals surface area contributed by atoms with E-state index >= 15 is 0 Å². The summed E-state index contributed by atoms with van der Waals surface area (Å²) in [4.78, 5) is 0. The van der Waals surface area contributed by atoms with Gasteiger partial charge in [0.25, 0.3) is 0 Å². The Bertz CT molecular complexity index is 2570. The Balaban J connectivity index is 0.000000422. The molecule has 0 amide bonds. The summed E-state index contributed by atoms with van der Waals surface area (Å²) in [6.45, 7) is 54.0. The number of hydrogen-bond acceptors (Lipinski definition) is 1. The molecular weight excluding hydrogens is 888 g/mol. The first-order valence-electron chi connectivity index (χ1n) is 26.4. The van der Waals surface area contributed by atoms with E-state index in [9.17, 15) is 4.39 Å². The molecule has 7 nitrogen and oxygen atoms in total. The summed E-state index contributed by atoms with van der Waals surface area (Å²) in [7, 11) is 12.4. The summed E-state index contributed by atoms with van der Waals surface area (Å²) in [5, 5.41) is 0. The lowest BCUT2D eigenvalue weighted by molar-refractivity contribution is 0.483. The van der Waals surface area contributed by atoms with Crippen LogP contribution in [0.5, 0.6) is 0 Å². The summed E-state index contributed by atoms with van der Waals surface area (Å²) in [5.74, 6) is 4.06. The Hall–Kier alpha value is -5.11. The largest absolute Gasteiger partial charge is 0.469 e. The van der Waals surface area contributed by atoms with Gasteiger partial charge in [0, 0.05) is 125 Å². The van der Waals surface area contributed by atoms with Crippen molar-refractivity contribution in [1.82, 2.24) is 27.4 Å². The third kappa shape index (κ3) is 17.3. The van der Waals surface area contributed by atoms with E-state index in [2.05, 4.69) is 248 Å². The number of hydrogen-bond donors (Lipinski definition) is 0. The maximum absolute atomic E-state index is 12.6. The molecule has 0 spiro atoms. The lowest BCUT2D eigenvalue weighted by Gasteiger charge is -2.09. The Morgan fingerprint density at radius 3 is 0.792 bits per heavy atom. The summed E-state index contributed by atoms with van der Waals surface area (Å²) in [6.07, 6.45) is 14.3. The number of furan rings is 1. The van der Waals surface area contributed by atoms with E-state index in [0.717, 1.165) is 17.0 Å². The Labute approximate surface area is 440 Å². The van der Waals surface area contributed by atoms with E-state index in [-0.39, 0.29) is 5.82 Å². The second-order valence-electron chi connectivity index (χ2n) is 22.3. The van der Waals surface area contributed by atoms with Crippen molar-refractivity contribution in [2.75, 3.05) is 0 Å². The van der Waals surface area contributed by atoms with Crippen molar-refractivity contribution in [1.29, 1.82) is 0 Å². The molecule has 0 bridgehead atoms. The van der Waals surface area contributed by atoms with Crippen LogP contribution in [0.1, 0.15) is 211 Å². The monoisotopic (exact) mass is 993 g/mol. The minimum Gasteiger partial charge on any atom is -0.469 e. The van der Waals surface area contributed by atoms with Crippen LogP contribution in [0.15, 0.2) is 47.9 Å². The molecule has 0 fully saturated rings. The second-order valence-corrected chi connectivity index (χ2v) is 22.3. The average molecular weight is 994 g/mol. The second kappa shape index (κ2) is 28.4. The number of nitrogens with zero attached hydrogens (tertiary/aromatic N) is 6. The minimum atomic E-state index is -0.116. The van der Waals surface area contributed by atoms with E-state index in [0.29, 0.717) is 29.6 Å². The quantitative estimate of drug-likeness (QED) is 0.169. The molecule has 0 aliphatic heterocycles. The molecular formula is C64H105FN6O. The summed E-state index contributed by atoms with van der Waals surface area (Å²) in [5.41, 5.74) is 25.7. The van der Waals surface area contributed by atoms with Gasteiger partial charge in [-0.2, -0.15) is 0 Å². The molecule has 0 aliphatic carbocycles. The van der Waals surface area contributed by atoms with Gasteiger partial charge in [0.05, 0.1) is 6.26 Å². The molecule has 0 aliphatic rings. The van der Waals surface area contributed by atoms with E-state index in [4.69, 9.17) is 4.42 Å². The van der Waals surface area contributed by atoms with Crippen LogP contribution in [0.4, 0.5) is 4.39 Å². The molecule has 0 saturated carbocycles. The van der Waals surface area contributed by atoms with Gasteiger partial charge in [0.1, 0.15) is 11.6 Å². The van der Waals surface area contributed by atoms with Crippen LogP contribution in [-0.4, -0.2) is 27.4 Å². The van der Waals surface area contributed by atoms with Crippen molar-refractivity contribution in [3.63, 3.8) is 0 Å². The highest BCUT2D eigenvalue weighted by Crippen LogP contribution is 2.29. The fourth-order valence-corrected chi connectivity index (χ4v) is 9.39. The fourth-order valence-electron chi connectivity index (χ4n) is 9.39. The molecule has 8 heteroatoms. The SMILES string of the molecule is Cc1c(C(C)C)cn(C)c1C.Cc1c(C(C)C)cn(C)c1C(C)C.Cc1c(F)cn(C)c1C.Cc1cn(C)c(C(C)C)c1C.Cc1cn(C)c(C)c1C.Cc1cn(C)c(C)c1C.Cc1coc(C(C)C)c1C. The van der Waals surface area contributed by atoms with Gasteiger partial charge in [0.15, 0.2) is 0 Å². The smallest absolute Gasteiger partial charge is 0.143 e. The van der Waals surface area contributed by atoms with Crippen molar-refractivity contribution in [3.8, 4) is 0 Å². The molecule has 0 aromatic carbocycles. The molecule has 7 rings (SSSR count). The zero-order valence-electron chi connectivity index (χ0n) is 51.9. The summed E-state index contributed by atoms with van der Waals surface area (Å²) >= 11 is 0. The van der Waals surface area contributed by atoms with Crippen molar-refractivity contribution in [2.45, 2.75) is 203 Å². The van der Waals surface area contributed by atoms with Crippen molar-refractivity contribution < 1.29 is 8.81 Å². The molecule has 0 saturated heterocycles. The maximum atomic E-state index is 12.6. The third-order valence-electron chi connectivity index (χ3n) is 15.1. The van der Waals surface area contributed by atoms with Gasteiger partial charge in [-0.15, -0.1) is 0 Å². The molecule has 0 unspecified atom stereocenters. The van der Waals surface area contributed by atoms with Crippen LogP contribution >= 0.6 is 0 Å². The topological polar surface area (TPSA) is 42.7 Å². The summed E-state index contributed by atoms with van der Waals surface area (Å²) < 4.78 is 30.7. The van der Waals surface area contributed by atoms with Crippen LogP contribution in [0.2, 0.25) is 0 Å². The lowest BCUT2D eigenvalue weighted by Crippen LogP contribution is -1.98. The standard InChI is InChI=1S/C12H21N.2C10H17N.C9H14O.2C8H13N.C7H10FN/c1-8(2)11-7-13(6)12(9(3)4)10(11)5;1-7(2)10-6-11(5)9(4)8(10)3;1-7(2)10-9(4)8(3)6-11(10)5;1-6(2)9-8(4)7(3)5-10-9;2*1-6-5-9(4)8(3)7(6)2;1-5-6(2)9(3)4-7(5)8/h7-9H,1-6H3;2*6-7H,1-5H3;5-6H,1-4H3;2*5H,1-4H3;4H,1-3H3. The molecule has 0 radical (unpaired) electrons. The average Bonchev–Trinajstić information content (AvgIpc) is 4.10. The molecule has 7 heterocycles. The zero-order valence-corrected chi connectivity index (χ0v) is 51.9. The Kier molecular flexibility index (Phi) is 25.6. The molecule has 7 aromatic rings. The maximum Gasteiger partial charge on any atom is 0.143 e. The number of rotatable bonds is 5. The third-order valence-corrected chi connectivity index (χ3v) is 15.1. The highest BCUT2D eigenvalue weighted by Gasteiger charge is 2.15. The first-order chi connectivity index (χ1) is 33.0. The molecule has 404 valence electrons. The predicted octanol–water partition coefficient (Wildman–Crippen LogP) is 17.8. The minimum absolute atomic E-state index is 0.116. The number of halogens is 1. The van der Waals surface area contributed by atoms with Gasteiger partial charge < -0.3 is 31.8 Å². The van der Waals surface area contributed by atoms with Crippen molar-refractivity contribution >= 4 is 0 Å². The van der Waals surface area contributed by atoms with Crippen molar-refractivity contribution in [3.05, 3.63) is 162 Å². The highest BCUT2D eigenvalue weighted by atomic mass is 19.1. The van der Waals surface area contributed by atoms with Gasteiger partial charge in [-0.3, -0.25) is 0 Å². The van der Waals surface area contributed by atoms with E-state index in [1.807, 2.05) is 20.2 Å². The molecule has 0 N–H and O–H groups in total. The molecule has 0 atom stereocenters.